The van der Waals surface area contributed by atoms with E-state index in [0.717, 1.165) is 43.3 Å². The summed E-state index contributed by atoms with van der Waals surface area (Å²) in [5.41, 5.74) is 3.59. The highest BCUT2D eigenvalue weighted by molar-refractivity contribution is 5.80. The van der Waals surface area contributed by atoms with Gasteiger partial charge in [0.05, 0.1) is 7.11 Å². The lowest BCUT2D eigenvalue weighted by atomic mass is 10.0. The van der Waals surface area contributed by atoms with Crippen LogP contribution in [-0.2, 0) is 0 Å². The molecule has 0 aliphatic carbocycles. The second-order valence-electron chi connectivity index (χ2n) is 6.00. The number of hydrogen-bond donors (Lipinski definition) is 0. The molecular weight excluding hydrogens is 310 g/mol. The summed E-state index contributed by atoms with van der Waals surface area (Å²) in [4.78, 5) is 2.36. The first-order valence-electron chi connectivity index (χ1n) is 8.94. The number of ether oxygens (including phenoxy) is 2. The first kappa shape index (κ1) is 19.1. The van der Waals surface area contributed by atoms with Crippen molar-refractivity contribution in [2.75, 3.05) is 33.4 Å². The van der Waals surface area contributed by atoms with Gasteiger partial charge in [0.2, 0.25) is 0 Å². The molecule has 0 heterocycles. The molecule has 0 aromatic heterocycles. The number of methoxy groups -OCH3 is 1. The van der Waals surface area contributed by atoms with E-state index in [9.17, 15) is 0 Å². The normalized spacial score (nSPS) is 11.6. The molecule has 0 spiro atoms. The van der Waals surface area contributed by atoms with Crippen LogP contribution in [0.15, 0.2) is 48.5 Å². The Bertz CT molecular complexity index is 655. The maximum absolute atomic E-state index is 5.84. The van der Waals surface area contributed by atoms with Crippen LogP contribution in [0.5, 0.6) is 11.5 Å². The van der Waals surface area contributed by atoms with E-state index in [-0.39, 0.29) is 0 Å². The molecule has 2 rings (SSSR count). The summed E-state index contributed by atoms with van der Waals surface area (Å²) in [6, 6.07) is 16.4. The van der Waals surface area contributed by atoms with Crippen molar-refractivity contribution in [2.24, 2.45) is 0 Å². The van der Waals surface area contributed by atoms with Gasteiger partial charge in [-0.3, -0.25) is 0 Å². The molecule has 0 unspecified atom stereocenters. The molecule has 0 fully saturated rings. The Morgan fingerprint density at radius 1 is 0.920 bits per heavy atom. The molecule has 0 saturated heterocycles. The quantitative estimate of drug-likeness (QED) is 0.602. The molecule has 2 aromatic carbocycles. The van der Waals surface area contributed by atoms with E-state index in [4.69, 9.17) is 9.47 Å². The van der Waals surface area contributed by atoms with Gasteiger partial charge in [-0.25, -0.2) is 0 Å². The maximum Gasteiger partial charge on any atom is 0.119 e. The van der Waals surface area contributed by atoms with Crippen molar-refractivity contribution in [2.45, 2.75) is 20.8 Å². The van der Waals surface area contributed by atoms with E-state index in [1.807, 2.05) is 24.3 Å². The number of benzene rings is 2. The lowest BCUT2D eigenvalue weighted by Gasteiger charge is -2.18. The summed E-state index contributed by atoms with van der Waals surface area (Å²) >= 11 is 0. The van der Waals surface area contributed by atoms with Crippen molar-refractivity contribution in [3.63, 3.8) is 0 Å². The Kier molecular flexibility index (Phi) is 7.55. The molecular formula is C22H29NO2. The van der Waals surface area contributed by atoms with Gasteiger partial charge in [0.25, 0.3) is 0 Å². The van der Waals surface area contributed by atoms with Crippen molar-refractivity contribution in [3.8, 4) is 11.5 Å². The van der Waals surface area contributed by atoms with Crippen molar-refractivity contribution < 1.29 is 9.47 Å². The van der Waals surface area contributed by atoms with Gasteiger partial charge in [-0.15, -0.1) is 0 Å². The molecule has 0 radical (unpaired) electrons. The van der Waals surface area contributed by atoms with Crippen molar-refractivity contribution in [3.05, 3.63) is 59.7 Å². The average molecular weight is 339 g/mol. The molecule has 0 aliphatic rings. The fourth-order valence-corrected chi connectivity index (χ4v) is 2.68. The molecule has 3 heteroatoms. The standard InChI is InChI=1S/C22H29NO2/c1-5-23(6-2)15-16-25-22-13-9-20(10-14-22)18(3)17-19-7-11-21(24-4)12-8-19/h7-14,17H,5-6,15-16H2,1-4H3. The smallest absolute Gasteiger partial charge is 0.119 e. The number of nitrogens with zero attached hydrogens (tertiary/aromatic N) is 1. The lowest BCUT2D eigenvalue weighted by molar-refractivity contribution is 0.223. The van der Waals surface area contributed by atoms with Crippen LogP contribution in [0.2, 0.25) is 0 Å². The van der Waals surface area contributed by atoms with Gasteiger partial charge in [0.1, 0.15) is 18.1 Å². The molecule has 0 bridgehead atoms. The van der Waals surface area contributed by atoms with Crippen LogP contribution in [-0.4, -0.2) is 38.3 Å². The number of rotatable bonds is 9. The molecule has 134 valence electrons. The van der Waals surface area contributed by atoms with Crippen molar-refractivity contribution in [1.29, 1.82) is 0 Å². The highest BCUT2D eigenvalue weighted by Gasteiger charge is 2.01. The minimum absolute atomic E-state index is 0.724. The van der Waals surface area contributed by atoms with Crippen LogP contribution >= 0.6 is 0 Å². The molecule has 25 heavy (non-hydrogen) atoms. The fraction of sp³-hybridized carbons (Fsp3) is 0.364. The molecule has 0 aliphatic heterocycles. The summed E-state index contributed by atoms with van der Waals surface area (Å²) in [5.74, 6) is 1.80. The van der Waals surface area contributed by atoms with Gasteiger partial charge >= 0.3 is 0 Å². The van der Waals surface area contributed by atoms with Crippen LogP contribution in [0, 0.1) is 0 Å². The van der Waals surface area contributed by atoms with E-state index in [2.05, 4.69) is 56.0 Å². The third kappa shape index (κ3) is 5.95. The second kappa shape index (κ2) is 9.90. The number of likely N-dealkylation sites (N-methyl/N-ethyl adjacent to an activating group) is 1. The zero-order valence-corrected chi connectivity index (χ0v) is 15.8. The Morgan fingerprint density at radius 3 is 2.08 bits per heavy atom. The topological polar surface area (TPSA) is 21.7 Å². The lowest BCUT2D eigenvalue weighted by Crippen LogP contribution is -2.27. The number of allylic oxidation sites excluding steroid dienone is 1. The Morgan fingerprint density at radius 2 is 1.52 bits per heavy atom. The van der Waals surface area contributed by atoms with Gasteiger partial charge in [-0.05, 0) is 61.0 Å². The summed E-state index contributed by atoms with van der Waals surface area (Å²) < 4.78 is 11.0. The summed E-state index contributed by atoms with van der Waals surface area (Å²) in [6.07, 6.45) is 2.18. The molecule has 3 nitrogen and oxygen atoms in total. The largest absolute Gasteiger partial charge is 0.497 e. The first-order chi connectivity index (χ1) is 12.2. The van der Waals surface area contributed by atoms with E-state index >= 15 is 0 Å². The van der Waals surface area contributed by atoms with E-state index in [1.54, 1.807) is 7.11 Å². The van der Waals surface area contributed by atoms with Gasteiger partial charge < -0.3 is 14.4 Å². The maximum atomic E-state index is 5.84. The van der Waals surface area contributed by atoms with Crippen molar-refractivity contribution in [1.82, 2.24) is 4.90 Å². The monoisotopic (exact) mass is 339 g/mol. The molecule has 0 N–H and O–H groups in total. The van der Waals surface area contributed by atoms with Gasteiger partial charge in [0, 0.05) is 6.54 Å². The number of hydrogen-bond acceptors (Lipinski definition) is 3. The van der Waals surface area contributed by atoms with Gasteiger partial charge in [-0.1, -0.05) is 44.2 Å². The SMILES string of the molecule is CCN(CC)CCOc1ccc(C(C)=Cc2ccc(OC)cc2)cc1. The van der Waals surface area contributed by atoms with E-state index < -0.39 is 0 Å². The Balaban J connectivity index is 1.94. The van der Waals surface area contributed by atoms with Crippen LogP contribution in [0.25, 0.3) is 11.6 Å². The predicted octanol–water partition coefficient (Wildman–Crippen LogP) is 4.98. The minimum Gasteiger partial charge on any atom is -0.497 e. The summed E-state index contributed by atoms with van der Waals surface area (Å²) in [5, 5.41) is 0. The second-order valence-corrected chi connectivity index (χ2v) is 6.00. The molecule has 0 saturated carbocycles. The molecule has 0 atom stereocenters. The highest BCUT2D eigenvalue weighted by Crippen LogP contribution is 2.22. The Hall–Kier alpha value is -2.26. The van der Waals surface area contributed by atoms with Crippen LogP contribution < -0.4 is 9.47 Å². The molecule has 2 aromatic rings. The zero-order chi connectivity index (χ0) is 18.1. The summed E-state index contributed by atoms with van der Waals surface area (Å²) in [6.45, 7) is 10.3. The Labute approximate surface area is 151 Å². The van der Waals surface area contributed by atoms with Gasteiger partial charge in [-0.2, -0.15) is 0 Å². The first-order valence-corrected chi connectivity index (χ1v) is 8.94. The van der Waals surface area contributed by atoms with Crippen molar-refractivity contribution >= 4 is 11.6 Å². The highest BCUT2D eigenvalue weighted by atomic mass is 16.5. The minimum atomic E-state index is 0.724. The third-order valence-electron chi connectivity index (χ3n) is 4.38. The predicted molar refractivity (Wildman–Crippen MR) is 106 cm³/mol. The fourth-order valence-electron chi connectivity index (χ4n) is 2.68. The van der Waals surface area contributed by atoms with Crippen LogP contribution in [0.3, 0.4) is 0 Å². The van der Waals surface area contributed by atoms with Gasteiger partial charge in [0.15, 0.2) is 0 Å². The van der Waals surface area contributed by atoms with Crippen LogP contribution in [0.1, 0.15) is 31.9 Å². The summed E-state index contributed by atoms with van der Waals surface area (Å²) in [7, 11) is 1.68. The van der Waals surface area contributed by atoms with Crippen LogP contribution in [0.4, 0.5) is 0 Å². The average Bonchev–Trinajstić information content (AvgIpc) is 2.66. The molecule has 0 amide bonds. The zero-order valence-electron chi connectivity index (χ0n) is 15.8. The third-order valence-corrected chi connectivity index (χ3v) is 4.38. The van der Waals surface area contributed by atoms with E-state index in [0.29, 0.717) is 0 Å². The van der Waals surface area contributed by atoms with E-state index in [1.165, 1.54) is 11.1 Å².